The second kappa shape index (κ2) is 5.36. The lowest BCUT2D eigenvalue weighted by Gasteiger charge is -2.35. The summed E-state index contributed by atoms with van der Waals surface area (Å²) in [5.41, 5.74) is 0. The molecule has 0 bridgehead atoms. The molecule has 4 heteroatoms. The number of amides is 1. The molecule has 1 saturated carbocycles. The molecule has 17 heavy (non-hydrogen) atoms. The van der Waals surface area contributed by atoms with Crippen LogP contribution in [0.1, 0.15) is 32.6 Å². The Balaban J connectivity index is 1.86. The summed E-state index contributed by atoms with van der Waals surface area (Å²) in [6, 6.07) is 1.14. The first-order valence-electron chi connectivity index (χ1n) is 6.79. The maximum Gasteiger partial charge on any atom is 0.239 e. The van der Waals surface area contributed by atoms with Crippen LogP contribution >= 0.6 is 0 Å². The lowest BCUT2D eigenvalue weighted by atomic mass is 10.0. The Morgan fingerprint density at radius 1 is 1.41 bits per heavy atom. The van der Waals surface area contributed by atoms with Gasteiger partial charge in [-0.1, -0.05) is 0 Å². The van der Waals surface area contributed by atoms with Crippen LogP contribution in [0.4, 0.5) is 0 Å². The van der Waals surface area contributed by atoms with Crippen molar-refractivity contribution in [2.24, 2.45) is 0 Å². The molecule has 0 radical (unpaired) electrons. The number of nitrogens with zero attached hydrogens (tertiary/aromatic N) is 2. The van der Waals surface area contributed by atoms with Crippen LogP contribution in [-0.4, -0.2) is 61.0 Å². The van der Waals surface area contributed by atoms with Gasteiger partial charge >= 0.3 is 0 Å². The number of carbonyl (C=O) groups is 1. The normalized spacial score (nSPS) is 27.6. The Bertz CT molecular complexity index is 276. The monoisotopic (exact) mass is 239 g/mol. The van der Waals surface area contributed by atoms with Crippen molar-refractivity contribution in [3.05, 3.63) is 0 Å². The molecule has 0 aromatic rings. The van der Waals surface area contributed by atoms with E-state index in [9.17, 15) is 4.79 Å². The Morgan fingerprint density at radius 3 is 2.71 bits per heavy atom. The molecule has 2 fully saturated rings. The molecule has 1 amide bonds. The van der Waals surface area contributed by atoms with Gasteiger partial charge in [-0.05, 0) is 46.7 Å². The number of piperidine rings is 1. The molecule has 0 aromatic carbocycles. The van der Waals surface area contributed by atoms with E-state index >= 15 is 0 Å². The first-order chi connectivity index (χ1) is 8.08. The number of nitrogens with one attached hydrogen (secondary N) is 1. The molecule has 2 atom stereocenters. The molecule has 1 N–H and O–H groups in total. The molecule has 1 aliphatic carbocycles. The Hall–Kier alpha value is -0.610. The number of likely N-dealkylation sites (N-methyl/N-ethyl adjacent to an activating group) is 1. The topological polar surface area (TPSA) is 35.6 Å². The summed E-state index contributed by atoms with van der Waals surface area (Å²) in [7, 11) is 4.14. The van der Waals surface area contributed by atoms with E-state index in [0.29, 0.717) is 18.0 Å². The molecule has 1 aliphatic heterocycles. The lowest BCUT2D eigenvalue weighted by molar-refractivity contribution is -0.136. The highest BCUT2D eigenvalue weighted by Gasteiger charge is 2.33. The van der Waals surface area contributed by atoms with Crippen molar-refractivity contribution in [1.82, 2.24) is 15.1 Å². The average molecular weight is 239 g/mol. The number of likely N-dealkylation sites (tertiary alicyclic amines) is 1. The first-order valence-corrected chi connectivity index (χ1v) is 6.79. The van der Waals surface area contributed by atoms with Crippen LogP contribution in [0.2, 0.25) is 0 Å². The summed E-state index contributed by atoms with van der Waals surface area (Å²) in [6.07, 6.45) is 4.65. The van der Waals surface area contributed by atoms with Crippen LogP contribution in [0, 0.1) is 0 Å². The van der Waals surface area contributed by atoms with Crippen molar-refractivity contribution in [3.8, 4) is 0 Å². The van der Waals surface area contributed by atoms with Crippen molar-refractivity contribution < 1.29 is 4.79 Å². The molecular formula is C13H25N3O. The third-order valence-electron chi connectivity index (χ3n) is 3.91. The largest absolute Gasteiger partial charge is 0.340 e. The summed E-state index contributed by atoms with van der Waals surface area (Å²) < 4.78 is 0. The minimum absolute atomic E-state index is 0.0885. The molecule has 1 saturated heterocycles. The van der Waals surface area contributed by atoms with Crippen molar-refractivity contribution in [1.29, 1.82) is 0 Å². The van der Waals surface area contributed by atoms with Gasteiger partial charge in [-0.25, -0.2) is 0 Å². The zero-order valence-electron chi connectivity index (χ0n) is 11.3. The molecule has 2 aliphatic rings. The smallest absolute Gasteiger partial charge is 0.239 e. The van der Waals surface area contributed by atoms with Crippen LogP contribution in [0.5, 0.6) is 0 Å². The Kier molecular flexibility index (Phi) is 4.05. The minimum Gasteiger partial charge on any atom is -0.340 e. The van der Waals surface area contributed by atoms with E-state index in [1.165, 1.54) is 12.8 Å². The van der Waals surface area contributed by atoms with Gasteiger partial charge in [0.15, 0.2) is 0 Å². The summed E-state index contributed by atoms with van der Waals surface area (Å²) in [4.78, 5) is 16.5. The van der Waals surface area contributed by atoms with Gasteiger partial charge < -0.3 is 15.1 Å². The predicted molar refractivity (Wildman–Crippen MR) is 68.9 cm³/mol. The molecule has 0 aromatic heterocycles. The third-order valence-corrected chi connectivity index (χ3v) is 3.91. The summed E-state index contributed by atoms with van der Waals surface area (Å²) in [6.45, 7) is 3.96. The van der Waals surface area contributed by atoms with E-state index < -0.39 is 0 Å². The summed E-state index contributed by atoms with van der Waals surface area (Å²) >= 11 is 0. The maximum atomic E-state index is 12.3. The van der Waals surface area contributed by atoms with E-state index in [1.807, 2.05) is 4.90 Å². The molecule has 2 unspecified atom stereocenters. The lowest BCUT2D eigenvalue weighted by Crippen LogP contribution is -2.53. The molecule has 2 rings (SSSR count). The number of hydrogen-bond donors (Lipinski definition) is 1. The highest BCUT2D eigenvalue weighted by Crippen LogP contribution is 2.22. The predicted octanol–water partition coefficient (Wildman–Crippen LogP) is 0.679. The average Bonchev–Trinajstić information content (AvgIpc) is 3.07. The molecule has 4 nitrogen and oxygen atoms in total. The number of rotatable bonds is 5. The number of hydrogen-bond acceptors (Lipinski definition) is 3. The second-order valence-electron chi connectivity index (χ2n) is 5.73. The zero-order chi connectivity index (χ0) is 12.4. The van der Waals surface area contributed by atoms with E-state index in [2.05, 4.69) is 31.2 Å². The number of carbonyl (C=O) groups excluding carboxylic acids is 1. The molecule has 98 valence electrons. The van der Waals surface area contributed by atoms with Crippen molar-refractivity contribution >= 4 is 5.91 Å². The quantitative estimate of drug-likeness (QED) is 0.766. The molecule has 1 heterocycles. The summed E-state index contributed by atoms with van der Waals surface area (Å²) in [5, 5.41) is 3.47. The van der Waals surface area contributed by atoms with E-state index in [-0.39, 0.29) is 6.04 Å². The standard InChI is InChI=1S/C13H25N3O/c1-10(15(2)3)9-16-8-4-5-12(13(16)17)14-11-6-7-11/h10-12,14H,4-9H2,1-3H3. The minimum atomic E-state index is 0.0885. The van der Waals surface area contributed by atoms with Gasteiger partial charge in [-0.2, -0.15) is 0 Å². The van der Waals surface area contributed by atoms with Crippen LogP contribution in [0.3, 0.4) is 0 Å². The van der Waals surface area contributed by atoms with Gasteiger partial charge in [0.25, 0.3) is 0 Å². The SMILES string of the molecule is CC(CN1CCCC(NC2CC2)C1=O)N(C)C. The third kappa shape index (κ3) is 3.42. The fraction of sp³-hybridized carbons (Fsp3) is 0.923. The zero-order valence-corrected chi connectivity index (χ0v) is 11.3. The highest BCUT2D eigenvalue weighted by atomic mass is 16.2. The van der Waals surface area contributed by atoms with Crippen LogP contribution in [0.25, 0.3) is 0 Å². The van der Waals surface area contributed by atoms with Crippen molar-refractivity contribution in [3.63, 3.8) is 0 Å². The fourth-order valence-corrected chi connectivity index (χ4v) is 2.29. The van der Waals surface area contributed by atoms with E-state index in [1.54, 1.807) is 0 Å². The van der Waals surface area contributed by atoms with Crippen LogP contribution in [0.15, 0.2) is 0 Å². The van der Waals surface area contributed by atoms with Crippen LogP contribution in [-0.2, 0) is 4.79 Å². The van der Waals surface area contributed by atoms with Gasteiger partial charge in [0.2, 0.25) is 5.91 Å². The second-order valence-corrected chi connectivity index (χ2v) is 5.73. The Morgan fingerprint density at radius 2 is 2.12 bits per heavy atom. The van der Waals surface area contributed by atoms with Gasteiger partial charge in [0.1, 0.15) is 0 Å². The molecular weight excluding hydrogens is 214 g/mol. The van der Waals surface area contributed by atoms with Crippen molar-refractivity contribution in [2.75, 3.05) is 27.2 Å². The Labute approximate surface area is 104 Å². The van der Waals surface area contributed by atoms with E-state index in [4.69, 9.17) is 0 Å². The van der Waals surface area contributed by atoms with Crippen molar-refractivity contribution in [2.45, 2.75) is 50.7 Å². The highest BCUT2D eigenvalue weighted by molar-refractivity contribution is 5.82. The van der Waals surface area contributed by atoms with E-state index in [0.717, 1.165) is 25.9 Å². The van der Waals surface area contributed by atoms with Gasteiger partial charge in [0, 0.05) is 25.2 Å². The van der Waals surface area contributed by atoms with Gasteiger partial charge in [0.05, 0.1) is 6.04 Å². The molecule has 0 spiro atoms. The van der Waals surface area contributed by atoms with Gasteiger partial charge in [-0.15, -0.1) is 0 Å². The van der Waals surface area contributed by atoms with Crippen LogP contribution < -0.4 is 5.32 Å². The van der Waals surface area contributed by atoms with Gasteiger partial charge in [-0.3, -0.25) is 4.79 Å². The fourth-order valence-electron chi connectivity index (χ4n) is 2.29. The first kappa shape index (κ1) is 12.8. The summed E-state index contributed by atoms with van der Waals surface area (Å²) in [5.74, 6) is 0.317. The maximum absolute atomic E-state index is 12.3.